The van der Waals surface area contributed by atoms with Gasteiger partial charge in [-0.2, -0.15) is 0 Å². The number of aryl methyl sites for hydroxylation is 1. The number of fused-ring (bicyclic) bond motifs is 1. The van der Waals surface area contributed by atoms with Crippen molar-refractivity contribution in [3.63, 3.8) is 0 Å². The monoisotopic (exact) mass is 356 g/mol. The summed E-state index contributed by atoms with van der Waals surface area (Å²) < 4.78 is 1.85. The van der Waals surface area contributed by atoms with Gasteiger partial charge in [0.1, 0.15) is 5.52 Å². The summed E-state index contributed by atoms with van der Waals surface area (Å²) in [6.45, 7) is 3.19. The van der Waals surface area contributed by atoms with E-state index in [2.05, 4.69) is 33.8 Å². The lowest BCUT2D eigenvalue weighted by Crippen LogP contribution is -2.22. The van der Waals surface area contributed by atoms with Crippen LogP contribution < -0.4 is 5.32 Å². The summed E-state index contributed by atoms with van der Waals surface area (Å²) in [6.07, 6.45) is 0. The van der Waals surface area contributed by atoms with Gasteiger partial charge in [-0.15, -0.1) is 5.10 Å². The Labute approximate surface area is 157 Å². The van der Waals surface area contributed by atoms with Crippen LogP contribution in [-0.2, 0) is 13.1 Å². The molecule has 0 bridgehead atoms. The SMILES string of the molecule is Cc1cccc(CNC(=O)c2ccc3c(c2)nnn3Cc2ccccc2)c1. The van der Waals surface area contributed by atoms with E-state index in [-0.39, 0.29) is 5.91 Å². The van der Waals surface area contributed by atoms with Crippen molar-refractivity contribution >= 4 is 16.9 Å². The van der Waals surface area contributed by atoms with Crippen LogP contribution in [0.1, 0.15) is 27.0 Å². The standard InChI is InChI=1S/C22H20N4O/c1-16-6-5-9-18(12-16)14-23-22(27)19-10-11-21-20(13-19)24-25-26(21)15-17-7-3-2-4-8-17/h2-13H,14-15H2,1H3,(H,23,27). The summed E-state index contributed by atoms with van der Waals surface area (Å²) in [5.74, 6) is -0.115. The normalized spacial score (nSPS) is 10.9. The molecule has 4 rings (SSSR count). The molecular formula is C22H20N4O. The van der Waals surface area contributed by atoms with E-state index < -0.39 is 0 Å². The van der Waals surface area contributed by atoms with Crippen molar-refractivity contribution < 1.29 is 4.79 Å². The molecule has 0 aliphatic carbocycles. The highest BCUT2D eigenvalue weighted by Gasteiger charge is 2.10. The average Bonchev–Trinajstić information content (AvgIpc) is 3.09. The quantitative estimate of drug-likeness (QED) is 0.593. The first-order valence-corrected chi connectivity index (χ1v) is 8.90. The van der Waals surface area contributed by atoms with Crippen LogP contribution in [-0.4, -0.2) is 20.9 Å². The van der Waals surface area contributed by atoms with Crippen LogP contribution in [0, 0.1) is 6.92 Å². The molecule has 0 atom stereocenters. The van der Waals surface area contributed by atoms with Crippen molar-refractivity contribution in [1.29, 1.82) is 0 Å². The third kappa shape index (κ3) is 3.87. The number of nitrogens with zero attached hydrogens (tertiary/aromatic N) is 3. The van der Waals surface area contributed by atoms with Gasteiger partial charge in [-0.1, -0.05) is 65.4 Å². The largest absolute Gasteiger partial charge is 0.348 e. The van der Waals surface area contributed by atoms with Gasteiger partial charge < -0.3 is 5.32 Å². The number of hydrogen-bond acceptors (Lipinski definition) is 3. The Morgan fingerprint density at radius 1 is 0.963 bits per heavy atom. The fraction of sp³-hybridized carbons (Fsp3) is 0.136. The van der Waals surface area contributed by atoms with Gasteiger partial charge in [-0.3, -0.25) is 4.79 Å². The van der Waals surface area contributed by atoms with Gasteiger partial charge in [0.25, 0.3) is 5.91 Å². The van der Waals surface area contributed by atoms with E-state index in [1.165, 1.54) is 5.56 Å². The number of hydrogen-bond donors (Lipinski definition) is 1. The number of carbonyl (C=O) groups is 1. The average molecular weight is 356 g/mol. The second kappa shape index (κ2) is 7.41. The van der Waals surface area contributed by atoms with Crippen LogP contribution in [0.3, 0.4) is 0 Å². The smallest absolute Gasteiger partial charge is 0.251 e. The van der Waals surface area contributed by atoms with Crippen molar-refractivity contribution in [3.8, 4) is 0 Å². The first kappa shape index (κ1) is 17.0. The Kier molecular flexibility index (Phi) is 4.66. The summed E-state index contributed by atoms with van der Waals surface area (Å²) in [7, 11) is 0. The summed E-state index contributed by atoms with van der Waals surface area (Å²) in [5, 5.41) is 11.4. The molecule has 5 heteroatoms. The molecule has 1 amide bonds. The minimum absolute atomic E-state index is 0.115. The lowest BCUT2D eigenvalue weighted by atomic mass is 10.1. The molecule has 0 aliphatic rings. The molecule has 3 aromatic carbocycles. The first-order chi connectivity index (χ1) is 13.2. The van der Waals surface area contributed by atoms with Gasteiger partial charge in [0.2, 0.25) is 0 Å². The molecule has 0 unspecified atom stereocenters. The lowest BCUT2D eigenvalue weighted by molar-refractivity contribution is 0.0951. The summed E-state index contributed by atoms with van der Waals surface area (Å²) >= 11 is 0. The molecule has 0 aliphatic heterocycles. The molecule has 1 heterocycles. The Morgan fingerprint density at radius 2 is 1.78 bits per heavy atom. The van der Waals surface area contributed by atoms with Crippen LogP contribution in [0.15, 0.2) is 72.8 Å². The maximum Gasteiger partial charge on any atom is 0.251 e. The van der Waals surface area contributed by atoms with E-state index in [1.54, 1.807) is 6.07 Å². The second-order valence-corrected chi connectivity index (χ2v) is 6.61. The predicted molar refractivity (Wildman–Crippen MR) is 105 cm³/mol. The third-order valence-corrected chi connectivity index (χ3v) is 4.49. The summed E-state index contributed by atoms with van der Waals surface area (Å²) in [4.78, 5) is 12.5. The zero-order valence-corrected chi connectivity index (χ0v) is 15.1. The topological polar surface area (TPSA) is 59.8 Å². The maximum absolute atomic E-state index is 12.5. The molecule has 134 valence electrons. The number of aromatic nitrogens is 3. The van der Waals surface area contributed by atoms with Gasteiger partial charge in [0.05, 0.1) is 12.1 Å². The Hall–Kier alpha value is -3.47. The minimum Gasteiger partial charge on any atom is -0.348 e. The van der Waals surface area contributed by atoms with Crippen LogP contribution in [0.2, 0.25) is 0 Å². The molecule has 0 spiro atoms. The van der Waals surface area contributed by atoms with E-state index in [0.717, 1.165) is 16.6 Å². The summed E-state index contributed by atoms with van der Waals surface area (Å²) in [6, 6.07) is 23.7. The molecule has 0 fully saturated rings. The van der Waals surface area contributed by atoms with Gasteiger partial charge in [0, 0.05) is 12.1 Å². The van der Waals surface area contributed by atoms with Crippen molar-refractivity contribution in [1.82, 2.24) is 20.3 Å². The van der Waals surface area contributed by atoms with Crippen molar-refractivity contribution in [3.05, 3.63) is 95.1 Å². The van der Waals surface area contributed by atoms with Gasteiger partial charge in [-0.05, 0) is 36.2 Å². The molecule has 1 N–H and O–H groups in total. The van der Waals surface area contributed by atoms with E-state index in [4.69, 9.17) is 0 Å². The predicted octanol–water partition coefficient (Wildman–Crippen LogP) is 3.72. The highest BCUT2D eigenvalue weighted by Crippen LogP contribution is 2.15. The number of carbonyl (C=O) groups excluding carboxylic acids is 1. The number of nitrogens with one attached hydrogen (secondary N) is 1. The number of amides is 1. The van der Waals surface area contributed by atoms with Crippen molar-refractivity contribution in [2.24, 2.45) is 0 Å². The van der Waals surface area contributed by atoms with Gasteiger partial charge >= 0.3 is 0 Å². The van der Waals surface area contributed by atoms with E-state index in [0.29, 0.717) is 24.2 Å². The van der Waals surface area contributed by atoms with Crippen LogP contribution in [0.5, 0.6) is 0 Å². The molecular weight excluding hydrogens is 336 g/mol. The highest BCUT2D eigenvalue weighted by molar-refractivity contribution is 5.97. The van der Waals surface area contributed by atoms with E-state index >= 15 is 0 Å². The fourth-order valence-electron chi connectivity index (χ4n) is 3.09. The molecule has 4 aromatic rings. The fourth-order valence-corrected chi connectivity index (χ4v) is 3.09. The third-order valence-electron chi connectivity index (χ3n) is 4.49. The Balaban J connectivity index is 1.49. The van der Waals surface area contributed by atoms with Gasteiger partial charge in [-0.25, -0.2) is 4.68 Å². The summed E-state index contributed by atoms with van der Waals surface area (Å²) in [5.41, 5.74) is 5.63. The second-order valence-electron chi connectivity index (χ2n) is 6.61. The van der Waals surface area contributed by atoms with Crippen molar-refractivity contribution in [2.75, 3.05) is 0 Å². The van der Waals surface area contributed by atoms with E-state index in [9.17, 15) is 4.79 Å². The number of rotatable bonds is 5. The molecule has 27 heavy (non-hydrogen) atoms. The van der Waals surface area contributed by atoms with Crippen LogP contribution >= 0.6 is 0 Å². The molecule has 0 saturated carbocycles. The zero-order chi connectivity index (χ0) is 18.6. The van der Waals surface area contributed by atoms with E-state index in [1.807, 2.05) is 60.1 Å². The Bertz CT molecular complexity index is 1090. The highest BCUT2D eigenvalue weighted by atomic mass is 16.1. The first-order valence-electron chi connectivity index (χ1n) is 8.90. The van der Waals surface area contributed by atoms with Crippen molar-refractivity contribution in [2.45, 2.75) is 20.0 Å². The van der Waals surface area contributed by atoms with Crippen LogP contribution in [0.4, 0.5) is 0 Å². The zero-order valence-electron chi connectivity index (χ0n) is 15.1. The lowest BCUT2D eigenvalue weighted by Gasteiger charge is -2.07. The molecule has 0 saturated heterocycles. The minimum atomic E-state index is -0.115. The van der Waals surface area contributed by atoms with Gasteiger partial charge in [0.15, 0.2) is 0 Å². The number of benzene rings is 3. The van der Waals surface area contributed by atoms with Crippen LogP contribution in [0.25, 0.3) is 11.0 Å². The molecule has 1 aromatic heterocycles. The maximum atomic E-state index is 12.5. The molecule has 0 radical (unpaired) electrons. The molecule has 5 nitrogen and oxygen atoms in total. The Morgan fingerprint density at radius 3 is 2.59 bits per heavy atom.